The zero-order chi connectivity index (χ0) is 15.1. The van der Waals surface area contributed by atoms with Crippen LogP contribution in [-0.4, -0.2) is 11.2 Å². The molecule has 0 N–H and O–H groups in total. The molecule has 0 saturated carbocycles. The van der Waals surface area contributed by atoms with Gasteiger partial charge in [0.1, 0.15) is 17.5 Å². The molecule has 1 rings (SSSR count). The summed E-state index contributed by atoms with van der Waals surface area (Å²) in [7, 11) is 0. The molecule has 0 bridgehead atoms. The van der Waals surface area contributed by atoms with Crippen molar-refractivity contribution in [2.45, 2.75) is 18.3 Å². The van der Waals surface area contributed by atoms with E-state index < -0.39 is 35.2 Å². The van der Waals surface area contributed by atoms with Gasteiger partial charge >= 0.3 is 18.3 Å². The van der Waals surface area contributed by atoms with E-state index in [1.54, 1.807) is 0 Å². The van der Waals surface area contributed by atoms with E-state index in [0.717, 1.165) is 6.07 Å². The third-order valence-corrected chi connectivity index (χ3v) is 1.97. The Morgan fingerprint density at radius 2 is 1.47 bits per heavy atom. The number of rotatable bonds is 1. The Morgan fingerprint density at radius 3 is 1.84 bits per heavy atom. The van der Waals surface area contributed by atoms with Crippen LogP contribution in [0, 0.1) is 11.3 Å². The van der Waals surface area contributed by atoms with E-state index >= 15 is 0 Å². The van der Waals surface area contributed by atoms with Gasteiger partial charge < -0.3 is 0 Å². The maximum Gasteiger partial charge on any atom is 0.459 e. The summed E-state index contributed by atoms with van der Waals surface area (Å²) in [4.78, 5) is 2.44. The minimum Gasteiger partial charge on any atom is -0.235 e. The van der Waals surface area contributed by atoms with Crippen molar-refractivity contribution in [3.63, 3.8) is 0 Å². The Balaban J connectivity index is 3.61. The second-order valence-electron chi connectivity index (χ2n) is 3.27. The van der Waals surface area contributed by atoms with Crippen LogP contribution in [0.2, 0.25) is 0 Å². The topological polar surface area (TPSA) is 36.7 Å². The van der Waals surface area contributed by atoms with Gasteiger partial charge in [0.05, 0.1) is 5.56 Å². The summed E-state index contributed by atoms with van der Waals surface area (Å²) in [5.74, 6) is -5.81. The maximum atomic E-state index is 13.0. The van der Waals surface area contributed by atoms with E-state index in [9.17, 15) is 35.1 Å². The summed E-state index contributed by atoms with van der Waals surface area (Å²) in [6.07, 6.45) is -11.7. The molecule has 104 valence electrons. The highest BCUT2D eigenvalue weighted by Crippen LogP contribution is 2.47. The first kappa shape index (κ1) is 15.1. The Hall–Kier alpha value is -1.92. The molecular weight excluding hydrogens is 288 g/mol. The summed E-state index contributed by atoms with van der Waals surface area (Å²) >= 11 is 0. The molecule has 0 aliphatic rings. The lowest BCUT2D eigenvalue weighted by atomic mass is 10.1. The highest BCUT2D eigenvalue weighted by Gasteiger charge is 2.62. The van der Waals surface area contributed by atoms with E-state index in [4.69, 9.17) is 5.26 Å². The van der Waals surface area contributed by atoms with Gasteiger partial charge in [-0.15, -0.1) is 0 Å². The van der Waals surface area contributed by atoms with Crippen LogP contribution in [-0.2, 0) is 12.1 Å². The van der Waals surface area contributed by atoms with Crippen molar-refractivity contribution in [1.29, 1.82) is 5.26 Å². The first-order chi connectivity index (χ1) is 8.41. The van der Waals surface area contributed by atoms with Gasteiger partial charge in [-0.05, 0) is 12.1 Å². The summed E-state index contributed by atoms with van der Waals surface area (Å²) in [5, 5.41) is 8.30. The minimum atomic E-state index is -6.26. The van der Waals surface area contributed by atoms with Gasteiger partial charge in [-0.2, -0.15) is 40.4 Å². The van der Waals surface area contributed by atoms with Crippen LogP contribution in [0.3, 0.4) is 0 Å². The molecule has 1 heterocycles. The zero-order valence-electron chi connectivity index (χ0n) is 8.57. The number of pyridine rings is 1. The molecule has 0 saturated heterocycles. The van der Waals surface area contributed by atoms with Crippen LogP contribution in [0.5, 0.6) is 0 Å². The molecule has 0 amide bonds. The molecule has 1 aromatic heterocycles. The number of halogens is 8. The quantitative estimate of drug-likeness (QED) is 0.741. The largest absolute Gasteiger partial charge is 0.459 e. The van der Waals surface area contributed by atoms with Crippen molar-refractivity contribution in [2.24, 2.45) is 0 Å². The number of nitriles is 1. The van der Waals surface area contributed by atoms with Crippen LogP contribution in [0.4, 0.5) is 35.1 Å². The summed E-state index contributed by atoms with van der Waals surface area (Å²) in [6, 6.07) is 1.45. The minimum absolute atomic E-state index is 0.0411. The fraction of sp³-hybridized carbons (Fsp3) is 0.333. The fourth-order valence-corrected chi connectivity index (χ4v) is 1.12. The lowest BCUT2D eigenvalue weighted by molar-refractivity contribution is -0.292. The van der Waals surface area contributed by atoms with Crippen LogP contribution < -0.4 is 0 Å². The molecule has 0 aromatic carbocycles. The highest BCUT2D eigenvalue weighted by atomic mass is 19.4. The average molecular weight is 290 g/mol. The number of hydrogen-bond donors (Lipinski definition) is 0. The zero-order valence-corrected chi connectivity index (χ0v) is 8.57. The van der Waals surface area contributed by atoms with Gasteiger partial charge in [0.15, 0.2) is 0 Å². The monoisotopic (exact) mass is 290 g/mol. The van der Waals surface area contributed by atoms with Crippen LogP contribution in [0.25, 0.3) is 0 Å². The van der Waals surface area contributed by atoms with Crippen LogP contribution >= 0.6 is 0 Å². The maximum absolute atomic E-state index is 13.0. The number of alkyl halides is 8. The van der Waals surface area contributed by atoms with Gasteiger partial charge in [-0.1, -0.05) is 0 Å². The molecule has 2 nitrogen and oxygen atoms in total. The first-order valence-electron chi connectivity index (χ1n) is 4.34. The first-order valence-corrected chi connectivity index (χ1v) is 4.34. The van der Waals surface area contributed by atoms with Gasteiger partial charge in [0.25, 0.3) is 0 Å². The molecule has 0 radical (unpaired) electrons. The summed E-state index contributed by atoms with van der Waals surface area (Å²) in [5.41, 5.74) is -5.76. The Labute approximate surface area is 99.8 Å². The number of aromatic nitrogens is 1. The molecule has 0 aliphatic heterocycles. The Kier molecular flexibility index (Phi) is 3.45. The van der Waals surface area contributed by atoms with E-state index in [2.05, 4.69) is 4.98 Å². The molecule has 0 unspecified atom stereocenters. The van der Waals surface area contributed by atoms with Crippen molar-refractivity contribution in [3.05, 3.63) is 29.1 Å². The van der Waals surface area contributed by atoms with E-state index in [1.165, 1.54) is 0 Å². The van der Waals surface area contributed by atoms with Gasteiger partial charge in [-0.25, -0.2) is 4.98 Å². The molecule has 19 heavy (non-hydrogen) atoms. The standard InChI is InChI=1S/C9H2F8N2/c10-7(11,9(15,16)17)6-5(8(12,13)14)2-1-4(3-18)19-6/h1-2H. The predicted octanol–water partition coefficient (Wildman–Crippen LogP) is 3.63. The van der Waals surface area contributed by atoms with Crippen molar-refractivity contribution >= 4 is 0 Å². The van der Waals surface area contributed by atoms with Crippen molar-refractivity contribution in [2.75, 3.05) is 0 Å². The van der Waals surface area contributed by atoms with Crippen molar-refractivity contribution in [3.8, 4) is 6.07 Å². The summed E-state index contributed by atoms with van der Waals surface area (Å²) < 4.78 is 99.3. The van der Waals surface area contributed by atoms with E-state index in [1.807, 2.05) is 0 Å². The second kappa shape index (κ2) is 4.32. The Bertz CT molecular complexity index is 522. The molecule has 0 atom stereocenters. The SMILES string of the molecule is N#Cc1ccc(C(F)(F)F)c(C(F)(F)C(F)(F)F)n1. The molecule has 10 heteroatoms. The Morgan fingerprint density at radius 1 is 0.947 bits per heavy atom. The molecule has 0 fully saturated rings. The van der Waals surface area contributed by atoms with E-state index in [0.29, 0.717) is 6.07 Å². The van der Waals surface area contributed by atoms with Gasteiger partial charge in [0.2, 0.25) is 0 Å². The lowest BCUT2D eigenvalue weighted by Crippen LogP contribution is -2.37. The third kappa shape index (κ3) is 2.74. The lowest BCUT2D eigenvalue weighted by Gasteiger charge is -2.22. The molecule has 0 spiro atoms. The van der Waals surface area contributed by atoms with Crippen LogP contribution in [0.15, 0.2) is 12.1 Å². The average Bonchev–Trinajstić information content (AvgIpc) is 2.25. The van der Waals surface area contributed by atoms with Crippen molar-refractivity contribution in [1.82, 2.24) is 4.98 Å². The van der Waals surface area contributed by atoms with Gasteiger partial charge in [-0.3, -0.25) is 0 Å². The molecule has 0 aliphatic carbocycles. The molecule has 1 aromatic rings. The normalized spacial score (nSPS) is 13.2. The molecular formula is C9H2F8N2. The smallest absolute Gasteiger partial charge is 0.235 e. The number of hydrogen-bond acceptors (Lipinski definition) is 2. The second-order valence-corrected chi connectivity index (χ2v) is 3.27. The van der Waals surface area contributed by atoms with Crippen LogP contribution in [0.1, 0.15) is 17.0 Å². The van der Waals surface area contributed by atoms with Gasteiger partial charge in [0, 0.05) is 0 Å². The number of nitrogens with zero attached hydrogens (tertiary/aromatic N) is 2. The third-order valence-electron chi connectivity index (χ3n) is 1.97. The highest BCUT2D eigenvalue weighted by molar-refractivity contribution is 5.34. The predicted molar refractivity (Wildman–Crippen MR) is 43.9 cm³/mol. The fourth-order valence-electron chi connectivity index (χ4n) is 1.12. The summed E-state index contributed by atoms with van der Waals surface area (Å²) in [6.45, 7) is 0. The van der Waals surface area contributed by atoms with E-state index in [-0.39, 0.29) is 6.07 Å². The van der Waals surface area contributed by atoms with Crippen molar-refractivity contribution < 1.29 is 35.1 Å².